The van der Waals surface area contributed by atoms with Crippen LogP contribution in [0.2, 0.25) is 0 Å². The number of rotatable bonds is 3. The van der Waals surface area contributed by atoms with Crippen LogP contribution in [0.25, 0.3) is 0 Å². The number of likely N-dealkylation sites (tertiary alicyclic amines) is 1. The maximum Gasteiger partial charge on any atom is 0.227 e. The zero-order valence-electron chi connectivity index (χ0n) is 12.6. The van der Waals surface area contributed by atoms with E-state index < -0.39 is 0 Å². The van der Waals surface area contributed by atoms with Gasteiger partial charge in [0.1, 0.15) is 6.26 Å². The molecule has 0 bridgehead atoms. The largest absolute Gasteiger partial charge is 0.449 e. The smallest absolute Gasteiger partial charge is 0.227 e. The van der Waals surface area contributed by atoms with Crippen molar-refractivity contribution >= 4 is 5.91 Å². The van der Waals surface area contributed by atoms with Crippen LogP contribution in [0, 0.1) is 12.8 Å². The second-order valence-corrected chi connectivity index (χ2v) is 5.87. The quantitative estimate of drug-likeness (QED) is 0.834. The Kier molecular flexibility index (Phi) is 4.55. The van der Waals surface area contributed by atoms with Gasteiger partial charge in [0.2, 0.25) is 5.91 Å². The molecule has 2 aliphatic heterocycles. The lowest BCUT2D eigenvalue weighted by Crippen LogP contribution is -2.48. The molecule has 1 aromatic heterocycles. The van der Waals surface area contributed by atoms with Gasteiger partial charge in [-0.15, -0.1) is 0 Å². The number of carbonyl (C=O) groups is 1. The Morgan fingerprint density at radius 2 is 2.19 bits per heavy atom. The van der Waals surface area contributed by atoms with E-state index in [0.29, 0.717) is 25.0 Å². The number of hydrogen-bond acceptors (Lipinski definition) is 5. The fourth-order valence-electron chi connectivity index (χ4n) is 3.15. The molecule has 116 valence electrons. The lowest BCUT2D eigenvalue weighted by molar-refractivity contribution is -0.141. The first-order valence-electron chi connectivity index (χ1n) is 7.72. The Balaban J connectivity index is 1.56. The summed E-state index contributed by atoms with van der Waals surface area (Å²) < 4.78 is 10.6. The standard InChI is InChI=1S/C15H23N3O3/c1-12-16-14(11-21-12)10-17-4-2-3-13(9-17)15(19)18-5-7-20-8-6-18/h11,13H,2-10H2,1H3. The van der Waals surface area contributed by atoms with E-state index >= 15 is 0 Å². The Morgan fingerprint density at radius 3 is 2.90 bits per heavy atom. The van der Waals surface area contributed by atoms with Gasteiger partial charge in [0.25, 0.3) is 0 Å². The van der Waals surface area contributed by atoms with Gasteiger partial charge < -0.3 is 14.1 Å². The zero-order valence-corrected chi connectivity index (χ0v) is 12.6. The average molecular weight is 293 g/mol. The molecule has 2 aliphatic rings. The molecule has 3 rings (SSSR count). The van der Waals surface area contributed by atoms with Crippen LogP contribution in [-0.4, -0.2) is 60.1 Å². The molecule has 21 heavy (non-hydrogen) atoms. The third-order valence-corrected chi connectivity index (χ3v) is 4.23. The van der Waals surface area contributed by atoms with Crippen molar-refractivity contribution in [2.75, 3.05) is 39.4 Å². The summed E-state index contributed by atoms with van der Waals surface area (Å²) in [5, 5.41) is 0. The van der Waals surface area contributed by atoms with Gasteiger partial charge in [0.05, 0.1) is 24.8 Å². The number of nitrogens with zero attached hydrogens (tertiary/aromatic N) is 3. The summed E-state index contributed by atoms with van der Waals surface area (Å²) in [5.74, 6) is 1.10. The second kappa shape index (κ2) is 6.58. The Hall–Kier alpha value is -1.40. The molecule has 3 heterocycles. The Morgan fingerprint density at radius 1 is 1.38 bits per heavy atom. The van der Waals surface area contributed by atoms with Crippen LogP contribution in [0.15, 0.2) is 10.7 Å². The topological polar surface area (TPSA) is 58.8 Å². The summed E-state index contributed by atoms with van der Waals surface area (Å²) in [4.78, 5) is 21.2. The second-order valence-electron chi connectivity index (χ2n) is 5.87. The van der Waals surface area contributed by atoms with Crippen molar-refractivity contribution in [3.8, 4) is 0 Å². The molecule has 0 spiro atoms. The van der Waals surface area contributed by atoms with E-state index in [1.807, 2.05) is 11.8 Å². The number of piperidine rings is 1. The Bertz CT molecular complexity index is 482. The van der Waals surface area contributed by atoms with E-state index in [1.165, 1.54) is 0 Å². The summed E-state index contributed by atoms with van der Waals surface area (Å²) in [7, 11) is 0. The third kappa shape index (κ3) is 3.63. The monoisotopic (exact) mass is 293 g/mol. The molecule has 1 atom stereocenters. The van der Waals surface area contributed by atoms with Crippen LogP contribution in [0.5, 0.6) is 0 Å². The first-order chi connectivity index (χ1) is 10.2. The predicted molar refractivity (Wildman–Crippen MR) is 76.6 cm³/mol. The SMILES string of the molecule is Cc1nc(CN2CCCC(C(=O)N3CCOCC3)C2)co1. The number of aryl methyl sites for hydroxylation is 1. The molecular weight excluding hydrogens is 270 g/mol. The van der Waals surface area contributed by atoms with Crippen molar-refractivity contribution in [1.29, 1.82) is 0 Å². The fraction of sp³-hybridized carbons (Fsp3) is 0.733. The molecule has 2 saturated heterocycles. The minimum absolute atomic E-state index is 0.116. The van der Waals surface area contributed by atoms with Crippen LogP contribution >= 0.6 is 0 Å². The van der Waals surface area contributed by atoms with Gasteiger partial charge in [0, 0.05) is 33.1 Å². The molecule has 0 aromatic carbocycles. The van der Waals surface area contributed by atoms with Crippen LogP contribution in [0.3, 0.4) is 0 Å². The molecule has 0 N–H and O–H groups in total. The number of hydrogen-bond donors (Lipinski definition) is 0. The van der Waals surface area contributed by atoms with Gasteiger partial charge in [-0.05, 0) is 19.4 Å². The zero-order chi connectivity index (χ0) is 14.7. The number of aromatic nitrogens is 1. The fourth-order valence-corrected chi connectivity index (χ4v) is 3.15. The highest BCUT2D eigenvalue weighted by atomic mass is 16.5. The van der Waals surface area contributed by atoms with Crippen molar-refractivity contribution in [3.63, 3.8) is 0 Å². The van der Waals surface area contributed by atoms with Gasteiger partial charge in [0.15, 0.2) is 5.89 Å². The molecule has 0 saturated carbocycles. The van der Waals surface area contributed by atoms with Gasteiger partial charge >= 0.3 is 0 Å². The summed E-state index contributed by atoms with van der Waals surface area (Å²) in [6, 6.07) is 0. The normalized spacial score (nSPS) is 24.2. The van der Waals surface area contributed by atoms with Crippen molar-refractivity contribution < 1.29 is 13.9 Å². The van der Waals surface area contributed by atoms with Crippen molar-refractivity contribution in [1.82, 2.24) is 14.8 Å². The molecule has 0 aliphatic carbocycles. The molecule has 1 amide bonds. The highest BCUT2D eigenvalue weighted by Gasteiger charge is 2.30. The van der Waals surface area contributed by atoms with Gasteiger partial charge in [-0.1, -0.05) is 0 Å². The van der Waals surface area contributed by atoms with Crippen LogP contribution in [0.4, 0.5) is 0 Å². The molecule has 0 radical (unpaired) electrons. The van der Waals surface area contributed by atoms with Crippen LogP contribution in [0.1, 0.15) is 24.4 Å². The minimum atomic E-state index is 0.116. The van der Waals surface area contributed by atoms with Crippen LogP contribution in [-0.2, 0) is 16.1 Å². The van der Waals surface area contributed by atoms with Gasteiger partial charge in [-0.25, -0.2) is 4.98 Å². The van der Waals surface area contributed by atoms with E-state index in [2.05, 4.69) is 9.88 Å². The lowest BCUT2D eigenvalue weighted by atomic mass is 9.96. The van der Waals surface area contributed by atoms with Gasteiger partial charge in [-0.2, -0.15) is 0 Å². The van der Waals surface area contributed by atoms with E-state index in [9.17, 15) is 4.79 Å². The van der Waals surface area contributed by atoms with E-state index in [1.54, 1.807) is 6.26 Å². The average Bonchev–Trinajstić information content (AvgIpc) is 2.93. The number of carbonyl (C=O) groups excluding carboxylic acids is 1. The maximum absolute atomic E-state index is 12.6. The minimum Gasteiger partial charge on any atom is -0.449 e. The van der Waals surface area contributed by atoms with Crippen molar-refractivity contribution in [3.05, 3.63) is 17.8 Å². The molecule has 6 nitrogen and oxygen atoms in total. The predicted octanol–water partition coefficient (Wildman–Crippen LogP) is 1.05. The van der Waals surface area contributed by atoms with Crippen molar-refractivity contribution in [2.45, 2.75) is 26.3 Å². The molecule has 2 fully saturated rings. The van der Waals surface area contributed by atoms with Crippen molar-refractivity contribution in [2.24, 2.45) is 5.92 Å². The first kappa shape index (κ1) is 14.5. The van der Waals surface area contributed by atoms with Crippen LogP contribution < -0.4 is 0 Å². The summed E-state index contributed by atoms with van der Waals surface area (Å²) in [5.41, 5.74) is 0.951. The van der Waals surface area contributed by atoms with E-state index in [0.717, 1.165) is 51.3 Å². The molecular formula is C15H23N3O3. The number of oxazole rings is 1. The first-order valence-corrected chi connectivity index (χ1v) is 7.72. The number of ether oxygens (including phenoxy) is 1. The molecule has 1 aromatic rings. The maximum atomic E-state index is 12.6. The Labute approximate surface area is 125 Å². The molecule has 6 heteroatoms. The third-order valence-electron chi connectivity index (χ3n) is 4.23. The van der Waals surface area contributed by atoms with E-state index in [-0.39, 0.29) is 5.92 Å². The summed E-state index contributed by atoms with van der Waals surface area (Å²) in [6.07, 6.45) is 3.77. The lowest BCUT2D eigenvalue weighted by Gasteiger charge is -2.35. The number of morpholine rings is 1. The van der Waals surface area contributed by atoms with E-state index in [4.69, 9.17) is 9.15 Å². The highest BCUT2D eigenvalue weighted by molar-refractivity contribution is 5.79. The number of amides is 1. The summed E-state index contributed by atoms with van der Waals surface area (Å²) in [6.45, 7) is 7.27. The molecule has 1 unspecified atom stereocenters. The highest BCUT2D eigenvalue weighted by Crippen LogP contribution is 2.21. The summed E-state index contributed by atoms with van der Waals surface area (Å²) >= 11 is 0. The van der Waals surface area contributed by atoms with Gasteiger partial charge in [-0.3, -0.25) is 9.69 Å².